The van der Waals surface area contributed by atoms with Crippen molar-refractivity contribution >= 4 is 22.8 Å². The second-order valence-corrected chi connectivity index (χ2v) is 6.58. The third-order valence-corrected chi connectivity index (χ3v) is 3.67. The van der Waals surface area contributed by atoms with Gasteiger partial charge in [-0.3, -0.25) is 0 Å². The van der Waals surface area contributed by atoms with Gasteiger partial charge in [0.2, 0.25) is 0 Å². The van der Waals surface area contributed by atoms with Gasteiger partial charge in [-0.1, -0.05) is 0 Å². The molecular weight excluding hydrogens is 254 g/mol. The lowest BCUT2D eigenvalue weighted by atomic mass is 10.1. The summed E-state index contributed by atoms with van der Waals surface area (Å²) in [6.45, 7) is 6.57. The highest BCUT2D eigenvalue weighted by molar-refractivity contribution is 7.98. The molecular formula is C15H19N3S. The van der Waals surface area contributed by atoms with E-state index in [4.69, 9.17) is 10.2 Å². The van der Waals surface area contributed by atoms with Crippen LogP contribution in [0, 0.1) is 11.3 Å². The molecule has 0 fully saturated rings. The quantitative estimate of drug-likeness (QED) is 0.858. The minimum Gasteiger partial charge on any atom is -0.323 e. The number of nitriles is 1. The molecule has 2 rings (SSSR count). The number of fused-ring (bicyclic) bond motifs is 1. The molecule has 3 nitrogen and oxygen atoms in total. The molecule has 0 atom stereocenters. The van der Waals surface area contributed by atoms with Crippen molar-refractivity contribution in [3.63, 3.8) is 0 Å². The normalized spacial score (nSPS) is 11.7. The molecule has 0 spiro atoms. The molecule has 4 heteroatoms. The number of nitrogens with zero attached hydrogens (tertiary/aromatic N) is 3. The summed E-state index contributed by atoms with van der Waals surface area (Å²) < 4.78 is 2.29. The van der Waals surface area contributed by atoms with Crippen molar-refractivity contribution in [2.75, 3.05) is 12.0 Å². The lowest BCUT2D eigenvalue weighted by molar-refractivity contribution is 0.395. The van der Waals surface area contributed by atoms with E-state index in [1.54, 1.807) is 0 Å². The van der Waals surface area contributed by atoms with Crippen molar-refractivity contribution in [3.8, 4) is 6.07 Å². The standard InChI is InChI=1S/C15H19N3S/c1-15(2,3)18-13-6-5-11(10-16)9-12(13)17-14(18)7-8-19-4/h5-6,9H,7-8H2,1-4H3. The van der Waals surface area contributed by atoms with Crippen molar-refractivity contribution in [2.45, 2.75) is 32.7 Å². The molecule has 1 aromatic heterocycles. The van der Waals surface area contributed by atoms with E-state index in [1.165, 1.54) is 0 Å². The van der Waals surface area contributed by atoms with Crippen molar-refractivity contribution in [3.05, 3.63) is 29.6 Å². The Hall–Kier alpha value is -1.47. The summed E-state index contributed by atoms with van der Waals surface area (Å²) in [5.41, 5.74) is 2.70. The lowest BCUT2D eigenvalue weighted by Gasteiger charge is -2.24. The zero-order chi connectivity index (χ0) is 14.0. The maximum atomic E-state index is 8.99. The molecule has 0 N–H and O–H groups in total. The van der Waals surface area contributed by atoms with Crippen LogP contribution in [0.4, 0.5) is 0 Å². The van der Waals surface area contributed by atoms with Gasteiger partial charge in [-0.2, -0.15) is 17.0 Å². The van der Waals surface area contributed by atoms with Crippen molar-refractivity contribution in [2.24, 2.45) is 0 Å². The molecule has 100 valence electrons. The van der Waals surface area contributed by atoms with Crippen LogP contribution in [0.15, 0.2) is 18.2 Å². The van der Waals surface area contributed by atoms with Crippen molar-refractivity contribution in [1.29, 1.82) is 5.26 Å². The molecule has 0 aliphatic heterocycles. The number of rotatable bonds is 3. The first kappa shape index (κ1) is 14.0. The maximum Gasteiger partial charge on any atom is 0.111 e. The van der Waals surface area contributed by atoms with Gasteiger partial charge in [0, 0.05) is 17.7 Å². The van der Waals surface area contributed by atoms with Gasteiger partial charge in [0.05, 0.1) is 22.7 Å². The molecule has 0 amide bonds. The number of benzene rings is 1. The van der Waals surface area contributed by atoms with Gasteiger partial charge in [-0.25, -0.2) is 4.98 Å². The molecule has 2 aromatic rings. The Morgan fingerprint density at radius 3 is 2.68 bits per heavy atom. The zero-order valence-electron chi connectivity index (χ0n) is 11.9. The third kappa shape index (κ3) is 2.76. The second-order valence-electron chi connectivity index (χ2n) is 5.59. The lowest BCUT2D eigenvalue weighted by Crippen LogP contribution is -2.24. The topological polar surface area (TPSA) is 41.6 Å². The number of hydrogen-bond acceptors (Lipinski definition) is 3. The first-order chi connectivity index (χ1) is 8.97. The third-order valence-electron chi connectivity index (χ3n) is 3.05. The minimum absolute atomic E-state index is 0.00332. The van der Waals surface area contributed by atoms with Crippen LogP contribution in [0.5, 0.6) is 0 Å². The molecule has 0 unspecified atom stereocenters. The van der Waals surface area contributed by atoms with Crippen molar-refractivity contribution < 1.29 is 0 Å². The van der Waals surface area contributed by atoms with E-state index in [2.05, 4.69) is 37.7 Å². The van der Waals surface area contributed by atoms with Gasteiger partial charge in [0.15, 0.2) is 0 Å². The molecule has 1 aromatic carbocycles. The number of thioether (sulfide) groups is 1. The summed E-state index contributed by atoms with van der Waals surface area (Å²) in [5.74, 6) is 2.16. The van der Waals surface area contributed by atoms with E-state index in [-0.39, 0.29) is 5.54 Å². The fourth-order valence-corrected chi connectivity index (χ4v) is 2.70. The molecule has 0 radical (unpaired) electrons. The zero-order valence-corrected chi connectivity index (χ0v) is 12.7. The number of aryl methyl sites for hydroxylation is 1. The molecule has 1 heterocycles. The molecule has 0 aliphatic rings. The molecule has 0 aliphatic carbocycles. The highest BCUT2D eigenvalue weighted by Crippen LogP contribution is 2.26. The predicted molar refractivity (Wildman–Crippen MR) is 81.5 cm³/mol. The number of hydrogen-bond donors (Lipinski definition) is 0. The average Bonchev–Trinajstić information content (AvgIpc) is 2.72. The van der Waals surface area contributed by atoms with Crippen LogP contribution in [0.25, 0.3) is 11.0 Å². The Morgan fingerprint density at radius 1 is 1.37 bits per heavy atom. The van der Waals surface area contributed by atoms with Crippen LogP contribution in [-0.4, -0.2) is 21.6 Å². The van der Waals surface area contributed by atoms with Crippen LogP contribution in [0.3, 0.4) is 0 Å². The van der Waals surface area contributed by atoms with Gasteiger partial charge in [0.1, 0.15) is 5.82 Å². The second kappa shape index (κ2) is 5.26. The summed E-state index contributed by atoms with van der Waals surface area (Å²) in [5, 5.41) is 8.99. The average molecular weight is 273 g/mol. The summed E-state index contributed by atoms with van der Waals surface area (Å²) in [6.07, 6.45) is 3.06. The molecule has 19 heavy (non-hydrogen) atoms. The first-order valence-electron chi connectivity index (χ1n) is 6.38. The van der Waals surface area contributed by atoms with Gasteiger partial charge < -0.3 is 4.57 Å². The van der Waals surface area contributed by atoms with Gasteiger partial charge in [-0.15, -0.1) is 0 Å². The Kier molecular flexibility index (Phi) is 3.86. The van der Waals surface area contributed by atoms with Crippen LogP contribution in [-0.2, 0) is 12.0 Å². The Bertz CT molecular complexity index is 629. The van der Waals surface area contributed by atoms with Crippen LogP contribution in [0.1, 0.15) is 32.2 Å². The minimum atomic E-state index is -0.00332. The van der Waals surface area contributed by atoms with Gasteiger partial charge in [-0.05, 0) is 45.2 Å². The first-order valence-corrected chi connectivity index (χ1v) is 7.77. The maximum absolute atomic E-state index is 8.99. The van der Waals surface area contributed by atoms with E-state index < -0.39 is 0 Å². The highest BCUT2D eigenvalue weighted by atomic mass is 32.2. The van der Waals surface area contributed by atoms with E-state index in [0.29, 0.717) is 5.56 Å². The number of aromatic nitrogens is 2. The molecule has 0 saturated heterocycles. The molecule has 0 bridgehead atoms. The number of imidazole rings is 1. The Labute approximate surface area is 118 Å². The van der Waals surface area contributed by atoms with Crippen LogP contribution >= 0.6 is 11.8 Å². The van der Waals surface area contributed by atoms with Gasteiger partial charge >= 0.3 is 0 Å². The highest BCUT2D eigenvalue weighted by Gasteiger charge is 2.21. The summed E-state index contributed by atoms with van der Waals surface area (Å²) in [4.78, 5) is 4.72. The summed E-state index contributed by atoms with van der Waals surface area (Å²) >= 11 is 1.83. The monoisotopic (exact) mass is 273 g/mol. The Morgan fingerprint density at radius 2 is 2.11 bits per heavy atom. The van der Waals surface area contributed by atoms with E-state index in [9.17, 15) is 0 Å². The van der Waals surface area contributed by atoms with Crippen LogP contribution in [0.2, 0.25) is 0 Å². The molecule has 0 saturated carbocycles. The van der Waals surface area contributed by atoms with E-state index in [0.717, 1.165) is 29.0 Å². The van der Waals surface area contributed by atoms with Crippen molar-refractivity contribution in [1.82, 2.24) is 9.55 Å². The largest absolute Gasteiger partial charge is 0.323 e. The predicted octanol–water partition coefficient (Wildman–Crippen LogP) is 3.57. The SMILES string of the molecule is CSCCc1nc2cc(C#N)ccc2n1C(C)(C)C. The fraction of sp³-hybridized carbons (Fsp3) is 0.467. The van der Waals surface area contributed by atoms with Crippen LogP contribution < -0.4 is 0 Å². The van der Waals surface area contributed by atoms with Gasteiger partial charge in [0.25, 0.3) is 0 Å². The summed E-state index contributed by atoms with van der Waals surface area (Å²) in [7, 11) is 0. The summed E-state index contributed by atoms with van der Waals surface area (Å²) in [6, 6.07) is 7.93. The Balaban J connectivity index is 2.63. The van der Waals surface area contributed by atoms with E-state index >= 15 is 0 Å². The fourth-order valence-electron chi connectivity index (χ4n) is 2.31. The van der Waals surface area contributed by atoms with E-state index in [1.807, 2.05) is 30.0 Å². The smallest absolute Gasteiger partial charge is 0.111 e.